The zero-order chi connectivity index (χ0) is 16.9. The van der Waals surface area contributed by atoms with E-state index in [2.05, 4.69) is 15.6 Å². The Morgan fingerprint density at radius 3 is 2.96 bits per heavy atom. The summed E-state index contributed by atoms with van der Waals surface area (Å²) in [4.78, 5) is 29.5. The van der Waals surface area contributed by atoms with Crippen molar-refractivity contribution in [2.75, 3.05) is 11.4 Å². The Balaban J connectivity index is 1.53. The van der Waals surface area contributed by atoms with Gasteiger partial charge in [-0.2, -0.15) is 0 Å². The second kappa shape index (κ2) is 7.08. The van der Waals surface area contributed by atoms with Gasteiger partial charge in [0.15, 0.2) is 0 Å². The lowest BCUT2D eigenvalue weighted by Gasteiger charge is -2.17. The fourth-order valence-corrected chi connectivity index (χ4v) is 2.62. The minimum atomic E-state index is -0.397. The van der Waals surface area contributed by atoms with E-state index in [1.807, 2.05) is 6.07 Å². The first-order chi connectivity index (χ1) is 11.6. The topological polar surface area (TPSA) is 74.3 Å². The number of rotatable bonds is 4. The van der Waals surface area contributed by atoms with E-state index in [9.17, 15) is 14.0 Å². The van der Waals surface area contributed by atoms with Crippen LogP contribution in [-0.4, -0.2) is 29.5 Å². The average Bonchev–Trinajstić information content (AvgIpc) is 2.94. The highest BCUT2D eigenvalue weighted by molar-refractivity contribution is 5.96. The first-order valence-electron chi connectivity index (χ1n) is 7.61. The number of hydrogen-bond donors (Lipinski definition) is 2. The van der Waals surface area contributed by atoms with E-state index in [4.69, 9.17) is 0 Å². The van der Waals surface area contributed by atoms with Crippen molar-refractivity contribution in [3.8, 4) is 0 Å². The minimum absolute atomic E-state index is 0.141. The van der Waals surface area contributed by atoms with Gasteiger partial charge in [-0.3, -0.25) is 9.78 Å². The van der Waals surface area contributed by atoms with Crippen LogP contribution < -0.4 is 15.5 Å². The number of amides is 3. The molecule has 0 radical (unpaired) electrons. The molecular weight excluding hydrogens is 311 g/mol. The van der Waals surface area contributed by atoms with Crippen LogP contribution in [0.2, 0.25) is 0 Å². The molecule has 1 atom stereocenters. The van der Waals surface area contributed by atoms with E-state index in [0.29, 0.717) is 18.8 Å². The molecule has 1 fully saturated rings. The first kappa shape index (κ1) is 15.9. The number of nitrogens with one attached hydrogen (secondary N) is 2. The number of benzene rings is 1. The van der Waals surface area contributed by atoms with Gasteiger partial charge in [0, 0.05) is 37.6 Å². The Kier molecular flexibility index (Phi) is 4.69. The number of pyridine rings is 1. The highest BCUT2D eigenvalue weighted by Crippen LogP contribution is 2.22. The molecule has 1 aromatic carbocycles. The summed E-state index contributed by atoms with van der Waals surface area (Å²) in [6.07, 6.45) is 3.52. The number of hydrogen-bond acceptors (Lipinski definition) is 3. The third-order valence-corrected chi connectivity index (χ3v) is 3.76. The summed E-state index contributed by atoms with van der Waals surface area (Å²) >= 11 is 0. The van der Waals surface area contributed by atoms with Crippen LogP contribution in [0, 0.1) is 5.82 Å². The molecule has 0 spiro atoms. The van der Waals surface area contributed by atoms with Gasteiger partial charge in [-0.15, -0.1) is 0 Å². The van der Waals surface area contributed by atoms with Crippen LogP contribution in [0.1, 0.15) is 12.0 Å². The lowest BCUT2D eigenvalue weighted by molar-refractivity contribution is -0.117. The number of halogens is 1. The molecule has 0 bridgehead atoms. The lowest BCUT2D eigenvalue weighted by Crippen LogP contribution is -2.43. The van der Waals surface area contributed by atoms with Gasteiger partial charge in [0.2, 0.25) is 5.91 Å². The predicted octanol–water partition coefficient (Wildman–Crippen LogP) is 1.83. The molecule has 0 saturated carbocycles. The largest absolute Gasteiger partial charge is 0.334 e. The number of nitrogens with zero attached hydrogens (tertiary/aromatic N) is 2. The highest BCUT2D eigenvalue weighted by atomic mass is 19.1. The summed E-state index contributed by atoms with van der Waals surface area (Å²) < 4.78 is 13.3. The molecule has 0 aliphatic carbocycles. The fourth-order valence-electron chi connectivity index (χ4n) is 2.62. The van der Waals surface area contributed by atoms with Crippen molar-refractivity contribution in [1.29, 1.82) is 0 Å². The van der Waals surface area contributed by atoms with Crippen LogP contribution in [-0.2, 0) is 11.3 Å². The van der Waals surface area contributed by atoms with Crippen LogP contribution in [0.3, 0.4) is 0 Å². The normalized spacial score (nSPS) is 17.0. The van der Waals surface area contributed by atoms with Crippen molar-refractivity contribution < 1.29 is 14.0 Å². The van der Waals surface area contributed by atoms with Crippen molar-refractivity contribution >= 4 is 17.6 Å². The average molecular weight is 328 g/mol. The molecule has 1 aliphatic heterocycles. The second-order valence-corrected chi connectivity index (χ2v) is 5.57. The van der Waals surface area contributed by atoms with Gasteiger partial charge in [-0.1, -0.05) is 12.1 Å². The maximum atomic E-state index is 13.3. The Morgan fingerprint density at radius 1 is 1.33 bits per heavy atom. The third kappa shape index (κ3) is 3.87. The zero-order valence-electron chi connectivity index (χ0n) is 12.9. The minimum Gasteiger partial charge on any atom is -0.334 e. The van der Waals surface area contributed by atoms with E-state index in [0.717, 1.165) is 5.56 Å². The Hall–Kier alpha value is -2.96. The standard InChI is InChI=1S/C17H17FN4O2/c18-13-4-1-5-15(7-13)22-11-14(8-16(22)23)21-17(24)20-10-12-3-2-6-19-9-12/h1-7,9,14H,8,10-11H2,(H2,20,21,24)/t14-/m1/s1. The molecule has 2 aromatic rings. The summed E-state index contributed by atoms with van der Waals surface area (Å²) in [5.41, 5.74) is 1.39. The number of aromatic nitrogens is 1. The van der Waals surface area contributed by atoms with Crippen molar-refractivity contribution in [1.82, 2.24) is 15.6 Å². The fraction of sp³-hybridized carbons (Fsp3) is 0.235. The number of anilines is 1. The number of urea groups is 1. The number of carbonyl (C=O) groups excluding carboxylic acids is 2. The van der Waals surface area contributed by atoms with Gasteiger partial charge in [-0.25, -0.2) is 9.18 Å². The molecule has 3 amide bonds. The molecule has 7 heteroatoms. The molecular formula is C17H17FN4O2. The van der Waals surface area contributed by atoms with Gasteiger partial charge in [0.05, 0.1) is 6.04 Å². The van der Waals surface area contributed by atoms with Gasteiger partial charge in [0.1, 0.15) is 5.82 Å². The van der Waals surface area contributed by atoms with Crippen molar-refractivity contribution in [3.05, 3.63) is 60.2 Å². The van der Waals surface area contributed by atoms with E-state index in [-0.39, 0.29) is 24.4 Å². The van der Waals surface area contributed by atoms with Crippen LogP contribution in [0.25, 0.3) is 0 Å². The summed E-state index contributed by atoms with van der Waals surface area (Å²) in [5, 5.41) is 5.49. The quantitative estimate of drug-likeness (QED) is 0.899. The van der Waals surface area contributed by atoms with Gasteiger partial charge in [-0.05, 0) is 29.8 Å². The summed E-state index contributed by atoms with van der Waals surface area (Å²) in [6, 6.07) is 8.85. The van der Waals surface area contributed by atoms with Gasteiger partial charge in [0.25, 0.3) is 0 Å². The molecule has 2 N–H and O–H groups in total. The molecule has 24 heavy (non-hydrogen) atoms. The van der Waals surface area contributed by atoms with E-state index < -0.39 is 5.82 Å². The molecule has 2 heterocycles. The molecule has 1 aliphatic rings. The van der Waals surface area contributed by atoms with Crippen LogP contribution in [0.5, 0.6) is 0 Å². The van der Waals surface area contributed by atoms with E-state index >= 15 is 0 Å². The summed E-state index contributed by atoms with van der Waals surface area (Å²) in [7, 11) is 0. The third-order valence-electron chi connectivity index (χ3n) is 3.76. The molecule has 124 valence electrons. The monoisotopic (exact) mass is 328 g/mol. The smallest absolute Gasteiger partial charge is 0.315 e. The van der Waals surface area contributed by atoms with Gasteiger partial charge >= 0.3 is 6.03 Å². The molecule has 1 aromatic heterocycles. The van der Waals surface area contributed by atoms with E-state index in [1.54, 1.807) is 30.6 Å². The maximum absolute atomic E-state index is 13.3. The zero-order valence-corrected chi connectivity index (χ0v) is 12.9. The lowest BCUT2D eigenvalue weighted by atomic mass is 10.2. The highest BCUT2D eigenvalue weighted by Gasteiger charge is 2.31. The summed E-state index contributed by atoms with van der Waals surface area (Å²) in [6.45, 7) is 0.677. The number of carbonyl (C=O) groups is 2. The second-order valence-electron chi connectivity index (χ2n) is 5.57. The van der Waals surface area contributed by atoms with Crippen molar-refractivity contribution in [2.24, 2.45) is 0 Å². The first-order valence-corrected chi connectivity index (χ1v) is 7.61. The van der Waals surface area contributed by atoms with E-state index in [1.165, 1.54) is 17.0 Å². The van der Waals surface area contributed by atoms with Crippen molar-refractivity contribution in [3.63, 3.8) is 0 Å². The summed E-state index contributed by atoms with van der Waals surface area (Å²) in [5.74, 6) is -0.538. The maximum Gasteiger partial charge on any atom is 0.315 e. The molecule has 3 rings (SSSR count). The molecule has 0 unspecified atom stereocenters. The van der Waals surface area contributed by atoms with Crippen LogP contribution in [0.15, 0.2) is 48.8 Å². The molecule has 1 saturated heterocycles. The SMILES string of the molecule is O=C(NCc1cccnc1)N[C@@H]1CC(=O)N(c2cccc(F)c2)C1. The molecule has 6 nitrogen and oxygen atoms in total. The van der Waals surface area contributed by atoms with Crippen LogP contribution in [0.4, 0.5) is 14.9 Å². The van der Waals surface area contributed by atoms with Crippen LogP contribution >= 0.6 is 0 Å². The van der Waals surface area contributed by atoms with Crippen molar-refractivity contribution in [2.45, 2.75) is 19.0 Å². The Morgan fingerprint density at radius 2 is 2.21 bits per heavy atom. The predicted molar refractivity (Wildman–Crippen MR) is 86.8 cm³/mol. The Labute approximate surface area is 138 Å². The Bertz CT molecular complexity index is 738. The van der Waals surface area contributed by atoms with Gasteiger partial charge < -0.3 is 15.5 Å².